The fraction of sp³-hybridized carbons (Fsp3) is 0. The number of carbonyl (C=O) groups excluding carboxylic acids is 1. The Morgan fingerprint density at radius 2 is 2.17 bits per heavy atom. The van der Waals surface area contributed by atoms with Crippen LogP contribution in [0.3, 0.4) is 0 Å². The van der Waals surface area contributed by atoms with Crippen LogP contribution in [0.1, 0.15) is 10.4 Å². The van der Waals surface area contributed by atoms with Gasteiger partial charge in [0.2, 0.25) is 5.95 Å². The maximum atomic E-state index is 12.0. The lowest BCUT2D eigenvalue weighted by molar-refractivity contribution is 0.102. The Bertz CT molecular complexity index is 609. The molecule has 18 heavy (non-hydrogen) atoms. The highest BCUT2D eigenvalue weighted by Crippen LogP contribution is 2.20. The normalized spacial score (nSPS) is 10.2. The molecule has 0 saturated carbocycles. The van der Waals surface area contributed by atoms with Crippen LogP contribution in [-0.4, -0.2) is 15.9 Å². The summed E-state index contributed by atoms with van der Waals surface area (Å²) < 4.78 is 1.68. The van der Waals surface area contributed by atoms with Crippen molar-refractivity contribution in [1.29, 1.82) is 0 Å². The molecule has 4 nitrogen and oxygen atoms in total. The molecule has 0 atom stereocenters. The molecule has 0 aliphatic carbocycles. The fourth-order valence-electron chi connectivity index (χ4n) is 1.24. The zero-order valence-corrected chi connectivity index (χ0v) is 13.3. The van der Waals surface area contributed by atoms with Gasteiger partial charge in [-0.2, -0.15) is 0 Å². The van der Waals surface area contributed by atoms with Crippen LogP contribution in [0, 0.1) is 3.57 Å². The molecule has 0 unspecified atom stereocenters. The second-order valence-electron chi connectivity index (χ2n) is 3.28. The highest BCUT2D eigenvalue weighted by Gasteiger charge is 2.12. The third-order valence-electron chi connectivity index (χ3n) is 2.02. The maximum Gasteiger partial charge on any atom is 0.259 e. The van der Waals surface area contributed by atoms with Crippen molar-refractivity contribution in [2.45, 2.75) is 0 Å². The number of nitrogens with one attached hydrogen (secondary N) is 1. The van der Waals surface area contributed by atoms with Crippen LogP contribution in [-0.2, 0) is 0 Å². The minimum Gasteiger partial charge on any atom is -0.290 e. The lowest BCUT2D eigenvalue weighted by Gasteiger charge is -2.06. The van der Waals surface area contributed by atoms with Gasteiger partial charge in [0.25, 0.3) is 5.91 Å². The van der Waals surface area contributed by atoms with Crippen LogP contribution < -0.4 is 5.32 Å². The van der Waals surface area contributed by atoms with Crippen molar-refractivity contribution in [2.24, 2.45) is 0 Å². The average Bonchev–Trinajstić information content (AvgIpc) is 2.32. The van der Waals surface area contributed by atoms with Crippen LogP contribution in [0.15, 0.2) is 34.9 Å². The Morgan fingerprint density at radius 3 is 2.89 bits per heavy atom. The Kier molecular flexibility index (Phi) is 4.52. The van der Waals surface area contributed by atoms with E-state index < -0.39 is 0 Å². The average molecular weight is 438 g/mol. The Balaban J connectivity index is 2.24. The van der Waals surface area contributed by atoms with Gasteiger partial charge in [0.05, 0.1) is 5.56 Å². The summed E-state index contributed by atoms with van der Waals surface area (Å²) in [5, 5.41) is 2.87. The van der Waals surface area contributed by atoms with Gasteiger partial charge in [0.15, 0.2) is 0 Å². The third-order valence-corrected chi connectivity index (χ3v) is 3.59. The zero-order chi connectivity index (χ0) is 13.1. The van der Waals surface area contributed by atoms with Gasteiger partial charge in [-0.25, -0.2) is 9.97 Å². The molecule has 0 saturated heterocycles. The monoisotopic (exact) mass is 437 g/mol. The molecule has 0 spiro atoms. The van der Waals surface area contributed by atoms with Crippen molar-refractivity contribution in [3.05, 3.63) is 49.2 Å². The molecule has 0 fully saturated rings. The van der Waals surface area contributed by atoms with Gasteiger partial charge in [-0.3, -0.25) is 10.1 Å². The molecular weight excluding hydrogens is 432 g/mol. The van der Waals surface area contributed by atoms with Gasteiger partial charge in [-0.05, 0) is 62.8 Å². The summed E-state index contributed by atoms with van der Waals surface area (Å²) in [5.41, 5.74) is 0.519. The Hall–Kier alpha value is -0.730. The summed E-state index contributed by atoms with van der Waals surface area (Å²) in [6.07, 6.45) is 1.48. The summed E-state index contributed by atoms with van der Waals surface area (Å²) in [5.74, 6) is -0.110. The standard InChI is InChI=1S/C11H6BrClIN3O/c12-8-2-1-6(14)5-7(8)10(18)17-11-15-4-3-9(13)16-11/h1-5H,(H,15,16,17,18). The molecule has 0 radical (unpaired) electrons. The maximum absolute atomic E-state index is 12.0. The van der Waals surface area contributed by atoms with E-state index in [9.17, 15) is 4.79 Å². The number of rotatable bonds is 2. The second-order valence-corrected chi connectivity index (χ2v) is 5.77. The van der Waals surface area contributed by atoms with E-state index >= 15 is 0 Å². The van der Waals surface area contributed by atoms with Crippen LogP contribution in [0.5, 0.6) is 0 Å². The minimum absolute atomic E-state index is 0.179. The van der Waals surface area contributed by atoms with E-state index in [0.717, 1.165) is 3.57 Å². The minimum atomic E-state index is -0.289. The molecular formula is C11H6BrClIN3O. The van der Waals surface area contributed by atoms with Crippen LogP contribution in [0.2, 0.25) is 5.15 Å². The second kappa shape index (κ2) is 5.94. The first-order chi connectivity index (χ1) is 8.56. The molecule has 0 aliphatic heterocycles. The molecule has 0 aliphatic rings. The van der Waals surface area contributed by atoms with Crippen LogP contribution >= 0.6 is 50.1 Å². The zero-order valence-electron chi connectivity index (χ0n) is 8.82. The van der Waals surface area contributed by atoms with E-state index in [-0.39, 0.29) is 17.0 Å². The van der Waals surface area contributed by atoms with E-state index in [1.165, 1.54) is 6.20 Å². The van der Waals surface area contributed by atoms with E-state index in [1.54, 1.807) is 12.1 Å². The highest BCUT2D eigenvalue weighted by atomic mass is 127. The summed E-state index contributed by atoms with van der Waals surface area (Å²) >= 11 is 11.2. The first kappa shape index (κ1) is 13.7. The van der Waals surface area contributed by atoms with Crippen molar-refractivity contribution in [2.75, 3.05) is 5.32 Å². The lowest BCUT2D eigenvalue weighted by Crippen LogP contribution is -2.14. The van der Waals surface area contributed by atoms with Crippen molar-refractivity contribution >= 4 is 62.0 Å². The molecule has 1 heterocycles. The molecule has 2 rings (SSSR count). The lowest BCUT2D eigenvalue weighted by atomic mass is 10.2. The fourth-order valence-corrected chi connectivity index (χ4v) is 2.29. The van der Waals surface area contributed by atoms with E-state index in [2.05, 4.69) is 53.8 Å². The van der Waals surface area contributed by atoms with Gasteiger partial charge in [0.1, 0.15) is 5.15 Å². The predicted molar refractivity (Wildman–Crippen MR) is 81.9 cm³/mol. The van der Waals surface area contributed by atoms with Gasteiger partial charge in [-0.1, -0.05) is 11.6 Å². The largest absolute Gasteiger partial charge is 0.290 e. The molecule has 1 amide bonds. The number of anilines is 1. The summed E-state index contributed by atoms with van der Waals surface area (Å²) in [6.45, 7) is 0. The Labute approximate surface area is 130 Å². The first-order valence-electron chi connectivity index (χ1n) is 4.81. The number of carbonyl (C=O) groups is 1. The predicted octanol–water partition coefficient (Wildman–Crippen LogP) is 3.75. The molecule has 1 aromatic carbocycles. The smallest absolute Gasteiger partial charge is 0.259 e. The van der Waals surface area contributed by atoms with Gasteiger partial charge < -0.3 is 0 Å². The number of halogens is 3. The molecule has 0 bridgehead atoms. The highest BCUT2D eigenvalue weighted by molar-refractivity contribution is 14.1. The number of benzene rings is 1. The number of aromatic nitrogens is 2. The van der Waals surface area contributed by atoms with E-state index in [0.29, 0.717) is 10.0 Å². The quantitative estimate of drug-likeness (QED) is 0.574. The third kappa shape index (κ3) is 3.39. The number of hydrogen-bond acceptors (Lipinski definition) is 3. The van der Waals surface area contributed by atoms with Crippen molar-refractivity contribution in [3.63, 3.8) is 0 Å². The molecule has 7 heteroatoms. The topological polar surface area (TPSA) is 54.9 Å². The molecule has 1 aromatic heterocycles. The SMILES string of the molecule is O=C(Nc1nccc(Cl)n1)c1cc(I)ccc1Br. The van der Waals surface area contributed by atoms with Gasteiger partial charge in [0, 0.05) is 14.2 Å². The summed E-state index contributed by atoms with van der Waals surface area (Å²) in [4.78, 5) is 19.8. The van der Waals surface area contributed by atoms with Gasteiger partial charge in [-0.15, -0.1) is 0 Å². The first-order valence-corrected chi connectivity index (χ1v) is 7.06. The Morgan fingerprint density at radius 1 is 1.39 bits per heavy atom. The van der Waals surface area contributed by atoms with Crippen LogP contribution in [0.25, 0.3) is 0 Å². The van der Waals surface area contributed by atoms with Crippen molar-refractivity contribution in [3.8, 4) is 0 Å². The summed E-state index contributed by atoms with van der Waals surface area (Å²) in [6, 6.07) is 7.02. The number of amides is 1. The molecule has 92 valence electrons. The number of nitrogens with zero attached hydrogens (tertiary/aromatic N) is 2. The van der Waals surface area contributed by atoms with E-state index in [4.69, 9.17) is 11.6 Å². The summed E-state index contributed by atoms with van der Waals surface area (Å²) in [7, 11) is 0. The molecule has 2 aromatic rings. The van der Waals surface area contributed by atoms with Crippen LogP contribution in [0.4, 0.5) is 5.95 Å². The number of hydrogen-bond donors (Lipinski definition) is 1. The van der Waals surface area contributed by atoms with E-state index in [1.807, 2.05) is 12.1 Å². The van der Waals surface area contributed by atoms with Crippen molar-refractivity contribution < 1.29 is 4.79 Å². The van der Waals surface area contributed by atoms with Crippen molar-refractivity contribution in [1.82, 2.24) is 9.97 Å². The molecule has 1 N–H and O–H groups in total. The van der Waals surface area contributed by atoms with Gasteiger partial charge >= 0.3 is 0 Å².